The van der Waals surface area contributed by atoms with Gasteiger partial charge in [-0.15, -0.1) is 5.06 Å². The van der Waals surface area contributed by atoms with Crippen molar-refractivity contribution >= 4 is 50.6 Å². The number of rotatable bonds is 8. The van der Waals surface area contributed by atoms with Crippen LogP contribution in [0.25, 0.3) is 0 Å². The maximum Gasteiger partial charge on any atom is 0.427 e. The molecule has 4 heterocycles. The summed E-state index contributed by atoms with van der Waals surface area (Å²) < 4.78 is 34.6. The van der Waals surface area contributed by atoms with E-state index in [2.05, 4.69) is 22.2 Å². The van der Waals surface area contributed by atoms with E-state index in [1.54, 1.807) is 41.6 Å². The lowest BCUT2D eigenvalue weighted by molar-refractivity contribution is -0.133. The first-order valence-electron chi connectivity index (χ1n) is 15.0. The molecule has 1 unspecified atom stereocenters. The van der Waals surface area contributed by atoms with Crippen LogP contribution in [-0.2, 0) is 25.2 Å². The van der Waals surface area contributed by atoms with Crippen LogP contribution in [0.15, 0.2) is 64.2 Å². The Hall–Kier alpha value is -3.20. The van der Waals surface area contributed by atoms with Gasteiger partial charge in [0.05, 0.1) is 17.2 Å². The van der Waals surface area contributed by atoms with Crippen molar-refractivity contribution in [3.63, 3.8) is 0 Å². The molecule has 45 heavy (non-hydrogen) atoms. The zero-order valence-electron chi connectivity index (χ0n) is 25.1. The highest BCUT2D eigenvalue weighted by Crippen LogP contribution is 2.50. The SMILES string of the molecule is CCOc1ccccc1C1(NC(=O)ON2CCN(C3CCN(C)CC3)CC2)C(=O)N(S(=O)(=O)c2ccsc2)c2ccc(Cl)cc21. The number of ether oxygens (including phenoxy) is 1. The van der Waals surface area contributed by atoms with Gasteiger partial charge in [0, 0.05) is 53.8 Å². The largest absolute Gasteiger partial charge is 0.493 e. The molecule has 3 aliphatic rings. The zero-order valence-corrected chi connectivity index (χ0v) is 27.5. The van der Waals surface area contributed by atoms with E-state index < -0.39 is 27.6 Å². The Morgan fingerprint density at radius 3 is 2.47 bits per heavy atom. The zero-order chi connectivity index (χ0) is 31.8. The minimum Gasteiger partial charge on any atom is -0.493 e. The molecular weight excluding hydrogens is 638 g/mol. The summed E-state index contributed by atoms with van der Waals surface area (Å²) in [6, 6.07) is 13.2. The van der Waals surface area contributed by atoms with Crippen molar-refractivity contribution in [1.29, 1.82) is 0 Å². The highest BCUT2D eigenvalue weighted by molar-refractivity contribution is 7.93. The van der Waals surface area contributed by atoms with Crippen molar-refractivity contribution in [2.24, 2.45) is 0 Å². The Labute approximate surface area is 272 Å². The van der Waals surface area contributed by atoms with E-state index in [0.29, 0.717) is 24.9 Å². The standard InChI is InChI=1S/C31H36ClN5O6S2/c1-3-42-28-7-5-4-6-25(28)31(33-30(39)43-36-17-15-35(16-18-36)23-10-13-34(2)14-11-23)26-20-22(32)8-9-27(26)37(29(31)38)45(40,41)24-12-19-44-21-24/h4-9,12,19-21,23H,3,10-11,13-18H2,1-2H3,(H,33,39). The number of nitrogens with zero attached hydrogens (tertiary/aromatic N) is 4. The fraction of sp³-hybridized carbons (Fsp3) is 0.419. The van der Waals surface area contributed by atoms with E-state index in [9.17, 15) is 18.0 Å². The van der Waals surface area contributed by atoms with Gasteiger partial charge in [-0.2, -0.15) is 15.6 Å². The number of nitrogens with one attached hydrogen (secondary N) is 1. The molecule has 0 radical (unpaired) electrons. The number of carbonyl (C=O) groups excluding carboxylic acids is 2. The van der Waals surface area contributed by atoms with Crippen LogP contribution in [0.2, 0.25) is 5.02 Å². The molecular formula is C31H36ClN5O6S2. The predicted molar refractivity (Wildman–Crippen MR) is 172 cm³/mol. The monoisotopic (exact) mass is 673 g/mol. The Bertz CT molecular complexity index is 1660. The molecule has 2 aromatic carbocycles. The van der Waals surface area contributed by atoms with Gasteiger partial charge in [0.15, 0.2) is 5.54 Å². The van der Waals surface area contributed by atoms with Gasteiger partial charge in [0.2, 0.25) is 0 Å². The second kappa shape index (κ2) is 12.9. The lowest BCUT2D eigenvalue weighted by atomic mass is 9.83. The molecule has 3 aliphatic heterocycles. The number of piperazine rings is 1. The van der Waals surface area contributed by atoms with Gasteiger partial charge in [0.1, 0.15) is 5.75 Å². The summed E-state index contributed by atoms with van der Waals surface area (Å²) in [7, 11) is -2.22. The molecule has 1 atom stereocenters. The average Bonchev–Trinajstić information content (AvgIpc) is 3.66. The molecule has 11 nitrogen and oxygen atoms in total. The number of fused-ring (bicyclic) bond motifs is 1. The van der Waals surface area contributed by atoms with Crippen LogP contribution >= 0.6 is 22.9 Å². The van der Waals surface area contributed by atoms with E-state index >= 15 is 0 Å². The summed E-state index contributed by atoms with van der Waals surface area (Å²) in [5.74, 6) is -0.594. The Morgan fingerprint density at radius 1 is 1.04 bits per heavy atom. The van der Waals surface area contributed by atoms with E-state index in [1.165, 1.54) is 41.0 Å². The number of hydroxylamine groups is 2. The van der Waals surface area contributed by atoms with Crippen LogP contribution in [0.3, 0.4) is 0 Å². The van der Waals surface area contributed by atoms with E-state index in [-0.39, 0.29) is 33.3 Å². The first-order valence-corrected chi connectivity index (χ1v) is 17.7. The highest BCUT2D eigenvalue weighted by atomic mass is 35.5. The molecule has 1 N–H and O–H groups in total. The van der Waals surface area contributed by atoms with Crippen LogP contribution in [0, 0.1) is 0 Å². The second-order valence-electron chi connectivity index (χ2n) is 11.4. The summed E-state index contributed by atoms with van der Waals surface area (Å²) in [4.78, 5) is 39.0. The van der Waals surface area contributed by atoms with Gasteiger partial charge in [-0.1, -0.05) is 29.8 Å². The first-order chi connectivity index (χ1) is 21.6. The van der Waals surface area contributed by atoms with Gasteiger partial charge >= 0.3 is 6.09 Å². The number of halogens is 1. The third-order valence-electron chi connectivity index (χ3n) is 8.69. The molecule has 240 valence electrons. The Kier molecular flexibility index (Phi) is 9.10. The van der Waals surface area contributed by atoms with Crippen molar-refractivity contribution in [3.05, 3.63) is 75.4 Å². The number of amides is 2. The molecule has 6 rings (SSSR count). The lowest BCUT2D eigenvalue weighted by Gasteiger charge is -2.41. The molecule has 0 saturated carbocycles. The minimum atomic E-state index is -4.36. The quantitative estimate of drug-likeness (QED) is 0.377. The van der Waals surface area contributed by atoms with Crippen LogP contribution in [0.5, 0.6) is 5.75 Å². The molecule has 2 amide bonds. The summed E-state index contributed by atoms with van der Waals surface area (Å²) >= 11 is 7.65. The van der Waals surface area contributed by atoms with E-state index in [0.717, 1.165) is 43.3 Å². The van der Waals surface area contributed by atoms with Gasteiger partial charge in [0.25, 0.3) is 15.9 Å². The summed E-state index contributed by atoms with van der Waals surface area (Å²) in [5.41, 5.74) is -1.50. The highest BCUT2D eigenvalue weighted by Gasteiger charge is 2.59. The van der Waals surface area contributed by atoms with Crippen molar-refractivity contribution in [3.8, 4) is 5.75 Å². The van der Waals surface area contributed by atoms with Crippen molar-refractivity contribution in [1.82, 2.24) is 20.2 Å². The maximum atomic E-state index is 14.7. The normalized spacial score (nSPS) is 21.9. The summed E-state index contributed by atoms with van der Waals surface area (Å²) in [6.07, 6.45) is 1.31. The minimum absolute atomic E-state index is 0.0410. The summed E-state index contributed by atoms with van der Waals surface area (Å²) in [5, 5.41) is 7.72. The molecule has 1 aromatic heterocycles. The third-order valence-corrected chi connectivity index (χ3v) is 11.5. The van der Waals surface area contributed by atoms with Crippen LogP contribution in [0.4, 0.5) is 10.5 Å². The number of piperidine rings is 1. The molecule has 3 aromatic rings. The van der Waals surface area contributed by atoms with Crippen molar-refractivity contribution in [2.75, 3.05) is 57.2 Å². The van der Waals surface area contributed by atoms with Crippen molar-refractivity contribution in [2.45, 2.75) is 36.2 Å². The number of hydrogen-bond acceptors (Lipinski definition) is 10. The number of carbonyl (C=O) groups is 2. The summed E-state index contributed by atoms with van der Waals surface area (Å²) in [6.45, 7) is 6.67. The number of anilines is 1. The van der Waals surface area contributed by atoms with Crippen molar-refractivity contribution < 1.29 is 27.6 Å². The predicted octanol–water partition coefficient (Wildman–Crippen LogP) is 4.13. The number of likely N-dealkylation sites (tertiary alicyclic amines) is 1. The van der Waals surface area contributed by atoms with Gasteiger partial charge in [-0.3, -0.25) is 15.0 Å². The number of hydrogen-bond donors (Lipinski definition) is 1. The first kappa shape index (κ1) is 31.8. The lowest BCUT2D eigenvalue weighted by Crippen LogP contribution is -2.57. The Morgan fingerprint density at radius 2 is 1.78 bits per heavy atom. The molecule has 2 saturated heterocycles. The average molecular weight is 674 g/mol. The van der Waals surface area contributed by atoms with Crippen LogP contribution < -0.4 is 14.4 Å². The van der Waals surface area contributed by atoms with E-state index in [4.69, 9.17) is 21.2 Å². The third kappa shape index (κ3) is 5.93. The number of sulfonamides is 1. The Balaban J connectivity index is 1.34. The number of para-hydroxylation sites is 1. The molecule has 0 aliphatic carbocycles. The fourth-order valence-corrected chi connectivity index (χ4v) is 9.08. The number of benzene rings is 2. The molecule has 14 heteroatoms. The fourth-order valence-electron chi connectivity index (χ4n) is 6.42. The van der Waals surface area contributed by atoms with Gasteiger partial charge in [-0.25, -0.2) is 13.2 Å². The molecule has 2 fully saturated rings. The van der Waals surface area contributed by atoms with Gasteiger partial charge < -0.3 is 14.5 Å². The van der Waals surface area contributed by atoms with Gasteiger partial charge in [-0.05, 0) is 75.6 Å². The molecule has 0 spiro atoms. The van der Waals surface area contributed by atoms with Crippen LogP contribution in [0.1, 0.15) is 30.9 Å². The molecule has 0 bridgehead atoms. The second-order valence-corrected chi connectivity index (χ2v) is 14.4. The van der Waals surface area contributed by atoms with Crippen LogP contribution in [-0.4, -0.2) is 94.2 Å². The van der Waals surface area contributed by atoms with E-state index in [1.807, 2.05) is 0 Å². The number of thiophene rings is 1. The smallest absolute Gasteiger partial charge is 0.427 e. The topological polar surface area (TPSA) is 112 Å². The maximum absolute atomic E-state index is 14.7.